The molecule has 1 aliphatic carbocycles. The van der Waals surface area contributed by atoms with Gasteiger partial charge in [0.15, 0.2) is 0 Å². The maximum Gasteiger partial charge on any atom is 0.407 e. The SMILES string of the molecule is COc1ccc(Cl)cc1-c1ccc2c(c1)CC(C)(C)C2NC(=O)O[C@H]1CN2CCC1CC2. The lowest BCUT2D eigenvalue weighted by molar-refractivity contribution is -0.0348. The van der Waals surface area contributed by atoms with Crippen molar-refractivity contribution >= 4 is 17.7 Å². The number of hydrogen-bond acceptors (Lipinski definition) is 4. The summed E-state index contributed by atoms with van der Waals surface area (Å²) in [4.78, 5) is 15.3. The fourth-order valence-electron chi connectivity index (χ4n) is 5.73. The number of hydrogen-bond donors (Lipinski definition) is 1. The molecule has 0 aromatic heterocycles. The van der Waals surface area contributed by atoms with E-state index in [2.05, 4.69) is 42.3 Å². The molecule has 6 heteroatoms. The zero-order valence-corrected chi connectivity index (χ0v) is 19.7. The molecule has 2 aromatic carbocycles. The number of ether oxygens (including phenoxy) is 2. The average molecular weight is 455 g/mol. The first-order valence-corrected chi connectivity index (χ1v) is 11.9. The second-order valence-electron chi connectivity index (χ2n) is 10.1. The highest BCUT2D eigenvalue weighted by Crippen LogP contribution is 2.47. The molecule has 170 valence electrons. The number of benzene rings is 2. The predicted octanol–water partition coefficient (Wildman–Crippen LogP) is 5.46. The molecule has 2 atom stereocenters. The number of amides is 1. The van der Waals surface area contributed by atoms with Gasteiger partial charge in [-0.25, -0.2) is 4.79 Å². The van der Waals surface area contributed by atoms with Crippen molar-refractivity contribution in [3.05, 3.63) is 52.5 Å². The lowest BCUT2D eigenvalue weighted by Crippen LogP contribution is -2.53. The van der Waals surface area contributed by atoms with Crippen LogP contribution < -0.4 is 10.1 Å². The van der Waals surface area contributed by atoms with Crippen molar-refractivity contribution in [3.8, 4) is 16.9 Å². The van der Waals surface area contributed by atoms with Crippen molar-refractivity contribution in [2.24, 2.45) is 11.3 Å². The van der Waals surface area contributed by atoms with Crippen molar-refractivity contribution in [2.75, 3.05) is 26.7 Å². The number of halogens is 1. The fourth-order valence-corrected chi connectivity index (χ4v) is 5.91. The Morgan fingerprint density at radius 1 is 1.16 bits per heavy atom. The molecule has 3 aliphatic heterocycles. The third-order valence-corrected chi connectivity index (χ3v) is 7.71. The zero-order chi connectivity index (χ0) is 22.5. The van der Waals surface area contributed by atoms with Crippen molar-refractivity contribution in [3.63, 3.8) is 0 Å². The monoisotopic (exact) mass is 454 g/mol. The Hall–Kier alpha value is -2.24. The minimum atomic E-state index is -0.296. The third-order valence-electron chi connectivity index (χ3n) is 7.47. The molecule has 1 amide bonds. The van der Waals surface area contributed by atoms with Crippen LogP contribution in [0.2, 0.25) is 5.02 Å². The van der Waals surface area contributed by atoms with Crippen molar-refractivity contribution in [2.45, 2.75) is 45.3 Å². The first-order chi connectivity index (χ1) is 15.3. The lowest BCUT2D eigenvalue weighted by Gasteiger charge is -2.44. The van der Waals surface area contributed by atoms with E-state index in [0.29, 0.717) is 10.9 Å². The van der Waals surface area contributed by atoms with Crippen molar-refractivity contribution < 1.29 is 14.3 Å². The predicted molar refractivity (Wildman–Crippen MR) is 126 cm³/mol. The smallest absolute Gasteiger partial charge is 0.407 e. The summed E-state index contributed by atoms with van der Waals surface area (Å²) in [5, 5.41) is 3.88. The minimum Gasteiger partial charge on any atom is -0.496 e. The van der Waals surface area contributed by atoms with E-state index in [1.54, 1.807) is 7.11 Å². The van der Waals surface area contributed by atoms with E-state index in [0.717, 1.165) is 61.3 Å². The molecule has 0 spiro atoms. The van der Waals surface area contributed by atoms with E-state index in [1.807, 2.05) is 18.2 Å². The van der Waals surface area contributed by atoms with Gasteiger partial charge in [-0.15, -0.1) is 0 Å². The Labute approximate surface area is 195 Å². The molecular weight excluding hydrogens is 424 g/mol. The largest absolute Gasteiger partial charge is 0.496 e. The van der Waals surface area contributed by atoms with Crippen LogP contribution in [0.3, 0.4) is 0 Å². The Balaban J connectivity index is 1.36. The van der Waals surface area contributed by atoms with Gasteiger partial charge in [-0.05, 0) is 78.6 Å². The Morgan fingerprint density at radius 2 is 1.94 bits per heavy atom. The number of carbonyl (C=O) groups excluding carboxylic acids is 1. The highest BCUT2D eigenvalue weighted by atomic mass is 35.5. The van der Waals surface area contributed by atoms with Crippen LogP contribution in [0.4, 0.5) is 4.79 Å². The number of rotatable bonds is 4. The molecule has 2 aromatic rings. The summed E-state index contributed by atoms with van der Waals surface area (Å²) in [6, 6.07) is 12.0. The summed E-state index contributed by atoms with van der Waals surface area (Å²) >= 11 is 6.25. The number of nitrogens with one attached hydrogen (secondary N) is 1. The van der Waals surface area contributed by atoms with Crippen LogP contribution in [0, 0.1) is 11.3 Å². The van der Waals surface area contributed by atoms with E-state index in [1.165, 1.54) is 5.56 Å². The number of alkyl carbamates (subject to hydrolysis) is 1. The molecule has 0 saturated carbocycles. The molecule has 5 nitrogen and oxygen atoms in total. The Kier molecular flexibility index (Phi) is 5.58. The number of piperidine rings is 3. The first-order valence-electron chi connectivity index (χ1n) is 11.5. The maximum atomic E-state index is 12.9. The van der Waals surface area contributed by atoms with Gasteiger partial charge in [0.1, 0.15) is 11.9 Å². The van der Waals surface area contributed by atoms with Gasteiger partial charge in [-0.2, -0.15) is 0 Å². The molecule has 1 unspecified atom stereocenters. The number of methoxy groups -OCH3 is 1. The van der Waals surface area contributed by atoms with Crippen LogP contribution in [0.15, 0.2) is 36.4 Å². The summed E-state index contributed by atoms with van der Waals surface area (Å²) < 4.78 is 11.5. The van der Waals surface area contributed by atoms with E-state index in [9.17, 15) is 4.79 Å². The van der Waals surface area contributed by atoms with Crippen molar-refractivity contribution in [1.29, 1.82) is 0 Å². The number of nitrogens with zero attached hydrogens (tertiary/aromatic N) is 1. The van der Waals surface area contributed by atoms with Gasteiger partial charge in [0.05, 0.1) is 13.2 Å². The van der Waals surface area contributed by atoms with Gasteiger partial charge in [-0.1, -0.05) is 43.6 Å². The van der Waals surface area contributed by atoms with Gasteiger partial charge in [0.2, 0.25) is 0 Å². The molecule has 2 bridgehead atoms. The molecule has 32 heavy (non-hydrogen) atoms. The zero-order valence-electron chi connectivity index (χ0n) is 19.0. The van der Waals surface area contributed by atoms with E-state index in [-0.39, 0.29) is 23.7 Å². The number of carbonyl (C=O) groups is 1. The van der Waals surface area contributed by atoms with Crippen LogP contribution in [-0.4, -0.2) is 43.8 Å². The highest BCUT2D eigenvalue weighted by Gasteiger charge is 2.42. The van der Waals surface area contributed by atoms with E-state index in [4.69, 9.17) is 21.1 Å². The Bertz CT molecular complexity index is 1030. The summed E-state index contributed by atoms with van der Waals surface area (Å²) in [5.74, 6) is 1.30. The highest BCUT2D eigenvalue weighted by molar-refractivity contribution is 6.31. The van der Waals surface area contributed by atoms with Crippen LogP contribution in [0.1, 0.15) is 43.9 Å². The molecule has 3 heterocycles. The summed E-state index contributed by atoms with van der Waals surface area (Å²) in [6.45, 7) is 7.54. The van der Waals surface area contributed by atoms with Crippen LogP contribution in [-0.2, 0) is 11.2 Å². The maximum absolute atomic E-state index is 12.9. The topological polar surface area (TPSA) is 50.8 Å². The van der Waals surface area contributed by atoms with E-state index >= 15 is 0 Å². The fraction of sp³-hybridized carbons (Fsp3) is 0.500. The van der Waals surface area contributed by atoms with Crippen LogP contribution >= 0.6 is 11.6 Å². The number of fused-ring (bicyclic) bond motifs is 4. The van der Waals surface area contributed by atoms with Gasteiger partial charge >= 0.3 is 6.09 Å². The van der Waals surface area contributed by atoms with Crippen LogP contribution in [0.25, 0.3) is 11.1 Å². The summed E-state index contributed by atoms with van der Waals surface area (Å²) in [5.41, 5.74) is 4.33. The van der Waals surface area contributed by atoms with Gasteiger partial charge in [0, 0.05) is 17.1 Å². The first kappa shape index (κ1) is 21.6. The van der Waals surface area contributed by atoms with Gasteiger partial charge < -0.3 is 14.8 Å². The molecule has 3 saturated heterocycles. The second kappa shape index (κ2) is 8.27. The molecule has 3 fully saturated rings. The molecule has 0 radical (unpaired) electrons. The second-order valence-corrected chi connectivity index (χ2v) is 10.5. The minimum absolute atomic E-state index is 0.0131. The molecule has 4 aliphatic rings. The molecular formula is C26H31ClN2O3. The summed E-state index contributed by atoms with van der Waals surface area (Å²) in [6.07, 6.45) is 2.86. The van der Waals surface area contributed by atoms with Crippen LogP contribution in [0.5, 0.6) is 5.75 Å². The quantitative estimate of drug-likeness (QED) is 0.666. The normalized spacial score (nSPS) is 27.6. The van der Waals surface area contributed by atoms with Gasteiger partial charge in [-0.3, -0.25) is 4.90 Å². The third kappa shape index (κ3) is 3.97. The summed E-state index contributed by atoms with van der Waals surface area (Å²) in [7, 11) is 1.67. The van der Waals surface area contributed by atoms with Crippen molar-refractivity contribution in [1.82, 2.24) is 10.2 Å². The van der Waals surface area contributed by atoms with Gasteiger partial charge in [0.25, 0.3) is 0 Å². The molecule has 1 N–H and O–H groups in total. The van der Waals surface area contributed by atoms with E-state index < -0.39 is 0 Å². The standard InChI is InChI=1S/C26H31ClN2O3/c1-26(2)14-18-12-17(21-13-19(27)5-7-22(21)31-3)4-6-20(18)24(26)28-25(30)32-23-15-29-10-8-16(23)9-11-29/h4-7,12-13,16,23-24H,8-11,14-15H2,1-3H3,(H,28,30)/t23-,24?/m0/s1. The average Bonchev–Trinajstić information content (AvgIpc) is 3.03. The molecule has 6 rings (SSSR count). The lowest BCUT2D eigenvalue weighted by atomic mass is 9.85. The Morgan fingerprint density at radius 3 is 2.62 bits per heavy atom.